The van der Waals surface area contributed by atoms with Gasteiger partial charge in [-0.25, -0.2) is 0 Å². The van der Waals surface area contributed by atoms with E-state index < -0.39 is 5.97 Å². The highest BCUT2D eigenvalue weighted by atomic mass is 16.5. The molecule has 1 aliphatic heterocycles. The zero-order valence-corrected chi connectivity index (χ0v) is 12.2. The minimum absolute atomic E-state index is 0.0846. The van der Waals surface area contributed by atoms with Gasteiger partial charge in [0.25, 0.3) is 0 Å². The van der Waals surface area contributed by atoms with Gasteiger partial charge in [0.15, 0.2) is 5.82 Å². The molecule has 1 N–H and O–H groups in total. The van der Waals surface area contributed by atoms with Crippen molar-refractivity contribution in [2.75, 3.05) is 13.1 Å². The quantitative estimate of drug-likeness (QED) is 0.803. The van der Waals surface area contributed by atoms with Gasteiger partial charge in [0.1, 0.15) is 0 Å². The third-order valence-electron chi connectivity index (χ3n) is 3.70. The molecule has 1 amide bonds. The fraction of sp³-hybridized carbons (Fsp3) is 0.714. The molecule has 0 bridgehead atoms. The molecule has 1 unspecified atom stereocenters. The van der Waals surface area contributed by atoms with Gasteiger partial charge >= 0.3 is 5.97 Å². The van der Waals surface area contributed by atoms with Gasteiger partial charge in [-0.3, -0.25) is 9.59 Å². The van der Waals surface area contributed by atoms with Gasteiger partial charge in [0, 0.05) is 25.9 Å². The molecule has 0 aromatic carbocycles. The molecule has 0 spiro atoms. The Labute approximate surface area is 123 Å². The predicted octanol–water partition coefficient (Wildman–Crippen LogP) is 1.73. The molecule has 1 saturated heterocycles. The van der Waals surface area contributed by atoms with Crippen molar-refractivity contribution in [2.45, 2.75) is 51.4 Å². The van der Waals surface area contributed by atoms with Crippen molar-refractivity contribution in [3.8, 4) is 0 Å². The monoisotopic (exact) mass is 295 g/mol. The second-order valence-electron chi connectivity index (χ2n) is 5.46. The molecular weight excluding hydrogens is 274 g/mol. The fourth-order valence-electron chi connectivity index (χ4n) is 2.59. The van der Waals surface area contributed by atoms with Gasteiger partial charge in [-0.1, -0.05) is 5.16 Å². The second-order valence-corrected chi connectivity index (χ2v) is 5.46. The summed E-state index contributed by atoms with van der Waals surface area (Å²) in [7, 11) is 0. The van der Waals surface area contributed by atoms with E-state index in [1.54, 1.807) is 6.92 Å². The van der Waals surface area contributed by atoms with Crippen molar-refractivity contribution in [1.29, 1.82) is 0 Å². The van der Waals surface area contributed by atoms with E-state index in [9.17, 15) is 9.59 Å². The lowest BCUT2D eigenvalue weighted by atomic mass is 9.97. The zero-order valence-electron chi connectivity index (χ0n) is 12.2. The molecule has 7 heteroatoms. The van der Waals surface area contributed by atoms with Gasteiger partial charge in [-0.05, 0) is 32.6 Å². The highest BCUT2D eigenvalue weighted by Crippen LogP contribution is 2.26. The van der Waals surface area contributed by atoms with Crippen LogP contribution in [0.1, 0.15) is 56.2 Å². The summed E-state index contributed by atoms with van der Waals surface area (Å²) in [6, 6.07) is 0. The molecule has 1 aromatic heterocycles. The topological polar surface area (TPSA) is 96.5 Å². The van der Waals surface area contributed by atoms with Crippen LogP contribution in [-0.4, -0.2) is 45.1 Å². The van der Waals surface area contributed by atoms with E-state index in [2.05, 4.69) is 10.1 Å². The van der Waals surface area contributed by atoms with Crippen LogP contribution < -0.4 is 0 Å². The Balaban J connectivity index is 1.80. The number of amides is 1. The van der Waals surface area contributed by atoms with E-state index in [0.717, 1.165) is 19.4 Å². The number of carbonyl (C=O) groups excluding carboxylic acids is 1. The average Bonchev–Trinajstić information content (AvgIpc) is 2.90. The number of unbranched alkanes of at least 4 members (excludes halogenated alkanes) is 1. The number of aryl methyl sites for hydroxylation is 1. The Kier molecular flexibility index (Phi) is 5.30. The molecule has 1 aromatic rings. The van der Waals surface area contributed by atoms with Gasteiger partial charge < -0.3 is 14.5 Å². The van der Waals surface area contributed by atoms with Crippen molar-refractivity contribution in [1.82, 2.24) is 15.0 Å². The molecule has 0 aliphatic carbocycles. The molecule has 116 valence electrons. The number of piperidine rings is 1. The van der Waals surface area contributed by atoms with E-state index >= 15 is 0 Å². The Morgan fingerprint density at radius 2 is 2.14 bits per heavy atom. The number of nitrogens with zero attached hydrogens (tertiary/aromatic N) is 3. The number of carbonyl (C=O) groups is 2. The molecular formula is C14H21N3O4. The number of rotatable bonds is 6. The van der Waals surface area contributed by atoms with Crippen molar-refractivity contribution in [3.05, 3.63) is 11.7 Å². The summed E-state index contributed by atoms with van der Waals surface area (Å²) in [6.07, 6.45) is 3.56. The Bertz CT molecular complexity index is 500. The molecule has 21 heavy (non-hydrogen) atoms. The average molecular weight is 295 g/mol. The van der Waals surface area contributed by atoms with Crippen molar-refractivity contribution in [2.24, 2.45) is 0 Å². The fourth-order valence-corrected chi connectivity index (χ4v) is 2.59. The van der Waals surface area contributed by atoms with E-state index in [0.29, 0.717) is 37.5 Å². The zero-order chi connectivity index (χ0) is 15.2. The van der Waals surface area contributed by atoms with Crippen LogP contribution in [0.3, 0.4) is 0 Å². The summed E-state index contributed by atoms with van der Waals surface area (Å²) in [5, 5.41) is 12.4. The molecule has 2 rings (SSSR count). The number of aromatic nitrogens is 2. The SMILES string of the molecule is Cc1noc(C2CCCN(C(=O)CCCCC(=O)O)C2)n1. The van der Waals surface area contributed by atoms with E-state index in [4.69, 9.17) is 9.63 Å². The number of hydrogen-bond acceptors (Lipinski definition) is 5. The summed E-state index contributed by atoms with van der Waals surface area (Å²) in [6.45, 7) is 3.14. The predicted molar refractivity (Wildman–Crippen MR) is 73.7 cm³/mol. The standard InChI is InChI=1S/C14H21N3O4/c1-10-15-14(21-16-10)11-5-4-8-17(9-11)12(18)6-2-3-7-13(19)20/h11H,2-9H2,1H3,(H,19,20). The maximum absolute atomic E-state index is 12.1. The molecule has 1 fully saturated rings. The number of likely N-dealkylation sites (tertiary alicyclic amines) is 1. The molecule has 1 atom stereocenters. The lowest BCUT2D eigenvalue weighted by molar-refractivity contribution is -0.137. The lowest BCUT2D eigenvalue weighted by Crippen LogP contribution is -2.39. The number of hydrogen-bond donors (Lipinski definition) is 1. The Hall–Kier alpha value is -1.92. The van der Waals surface area contributed by atoms with Crippen molar-refractivity contribution >= 4 is 11.9 Å². The third kappa shape index (κ3) is 4.54. The largest absolute Gasteiger partial charge is 0.481 e. The van der Waals surface area contributed by atoms with Crippen LogP contribution in [0.15, 0.2) is 4.52 Å². The molecule has 0 radical (unpaired) electrons. The van der Waals surface area contributed by atoms with Crippen molar-refractivity contribution < 1.29 is 19.2 Å². The third-order valence-corrected chi connectivity index (χ3v) is 3.70. The molecule has 0 saturated carbocycles. The van der Waals surface area contributed by atoms with Crippen molar-refractivity contribution in [3.63, 3.8) is 0 Å². The number of carboxylic acids is 1. The van der Waals surface area contributed by atoms with Gasteiger partial charge in [-0.2, -0.15) is 4.98 Å². The minimum Gasteiger partial charge on any atom is -0.481 e. The van der Waals surface area contributed by atoms with E-state index in [1.807, 2.05) is 4.90 Å². The van der Waals surface area contributed by atoms with Crippen LogP contribution >= 0.6 is 0 Å². The summed E-state index contributed by atoms with van der Waals surface area (Å²) >= 11 is 0. The lowest BCUT2D eigenvalue weighted by Gasteiger charge is -2.31. The first-order chi connectivity index (χ1) is 10.1. The summed E-state index contributed by atoms with van der Waals surface area (Å²) in [4.78, 5) is 28.6. The number of carboxylic acid groups (broad SMARTS) is 1. The normalized spacial score (nSPS) is 18.7. The number of aliphatic carboxylic acids is 1. The van der Waals surface area contributed by atoms with Crippen LogP contribution in [0, 0.1) is 6.92 Å². The summed E-state index contributed by atoms with van der Waals surface area (Å²) in [5.74, 6) is 0.606. The molecule has 1 aliphatic rings. The Morgan fingerprint density at radius 3 is 2.81 bits per heavy atom. The minimum atomic E-state index is -0.813. The van der Waals surface area contributed by atoms with Crippen LogP contribution in [-0.2, 0) is 9.59 Å². The summed E-state index contributed by atoms with van der Waals surface area (Å²) in [5.41, 5.74) is 0. The van der Waals surface area contributed by atoms with Crippen LogP contribution in [0.5, 0.6) is 0 Å². The maximum atomic E-state index is 12.1. The van der Waals surface area contributed by atoms with Crippen LogP contribution in [0.4, 0.5) is 0 Å². The molecule has 2 heterocycles. The van der Waals surface area contributed by atoms with E-state index in [-0.39, 0.29) is 18.2 Å². The maximum Gasteiger partial charge on any atom is 0.303 e. The van der Waals surface area contributed by atoms with Gasteiger partial charge in [-0.15, -0.1) is 0 Å². The highest BCUT2D eigenvalue weighted by Gasteiger charge is 2.27. The van der Waals surface area contributed by atoms with Gasteiger partial charge in [0.2, 0.25) is 11.8 Å². The van der Waals surface area contributed by atoms with Gasteiger partial charge in [0.05, 0.1) is 5.92 Å². The molecule has 7 nitrogen and oxygen atoms in total. The first kappa shape index (κ1) is 15.5. The second kappa shape index (κ2) is 7.19. The van der Waals surface area contributed by atoms with E-state index in [1.165, 1.54) is 0 Å². The smallest absolute Gasteiger partial charge is 0.303 e. The summed E-state index contributed by atoms with van der Waals surface area (Å²) < 4.78 is 5.19. The van der Waals surface area contributed by atoms with Crippen LogP contribution in [0.25, 0.3) is 0 Å². The first-order valence-electron chi connectivity index (χ1n) is 7.36. The van der Waals surface area contributed by atoms with Crippen LogP contribution in [0.2, 0.25) is 0 Å². The highest BCUT2D eigenvalue weighted by molar-refractivity contribution is 5.76. The Morgan fingerprint density at radius 1 is 1.38 bits per heavy atom. The first-order valence-corrected chi connectivity index (χ1v) is 7.36.